The zero-order valence-corrected chi connectivity index (χ0v) is 24.8. The predicted octanol–water partition coefficient (Wildman–Crippen LogP) is 13.5. The lowest BCUT2D eigenvalue weighted by molar-refractivity contribution is 0.531. The molecule has 34 heavy (non-hydrogen) atoms. The van der Waals surface area contributed by atoms with E-state index in [1.165, 1.54) is 186 Å². The monoisotopic (exact) mass is 479 g/mol. The van der Waals surface area contributed by atoms with Crippen LogP contribution in [0.15, 0.2) is 12.7 Å². The molecule has 0 aromatic carbocycles. The van der Waals surface area contributed by atoms with E-state index in [0.717, 1.165) is 0 Å². The van der Waals surface area contributed by atoms with Crippen molar-refractivity contribution in [3.63, 3.8) is 0 Å². The first-order valence-corrected chi connectivity index (χ1v) is 16.4. The fourth-order valence-corrected chi connectivity index (χ4v) is 4.75. The molecule has 0 saturated heterocycles. The Morgan fingerprint density at radius 3 is 0.647 bits per heavy atom. The number of hydrogen-bond acceptors (Lipinski definition) is 0. The van der Waals surface area contributed by atoms with Crippen molar-refractivity contribution in [3.8, 4) is 0 Å². The van der Waals surface area contributed by atoms with Crippen molar-refractivity contribution in [1.82, 2.24) is 0 Å². The normalized spacial score (nSPS) is 10.8. The molecule has 0 fully saturated rings. The van der Waals surface area contributed by atoms with Crippen LogP contribution in [0.3, 0.4) is 0 Å². The van der Waals surface area contributed by atoms with Crippen molar-refractivity contribution >= 4 is 0 Å². The second-order valence-electron chi connectivity index (χ2n) is 10.9. The number of allylic oxidation sites excluding steroid dienone is 1. The lowest BCUT2D eigenvalue weighted by atomic mass is 10.0. The van der Waals surface area contributed by atoms with Crippen LogP contribution in [0.5, 0.6) is 0 Å². The number of hydrogen-bond donors (Lipinski definition) is 0. The van der Waals surface area contributed by atoms with E-state index < -0.39 is 0 Å². The summed E-state index contributed by atoms with van der Waals surface area (Å²) in [6, 6.07) is 0. The Labute approximate surface area is 219 Å². The summed E-state index contributed by atoms with van der Waals surface area (Å²) in [5.41, 5.74) is 0. The second-order valence-corrected chi connectivity index (χ2v) is 10.9. The van der Waals surface area contributed by atoms with Gasteiger partial charge < -0.3 is 0 Å². The average molecular weight is 479 g/mol. The largest absolute Gasteiger partial charge is 0.103 e. The Morgan fingerprint density at radius 1 is 0.294 bits per heavy atom. The van der Waals surface area contributed by atoms with E-state index in [1.54, 1.807) is 0 Å². The topological polar surface area (TPSA) is 0 Å². The van der Waals surface area contributed by atoms with Gasteiger partial charge in [0.15, 0.2) is 0 Å². The van der Waals surface area contributed by atoms with Crippen LogP contribution in [0.1, 0.15) is 207 Å². The molecule has 0 nitrogen and oxygen atoms in total. The minimum atomic E-state index is 1.21. The van der Waals surface area contributed by atoms with Gasteiger partial charge in [-0.05, 0) is 12.8 Å². The molecule has 0 aromatic heterocycles. The van der Waals surface area contributed by atoms with Crippen molar-refractivity contribution in [2.45, 2.75) is 207 Å². The van der Waals surface area contributed by atoms with E-state index >= 15 is 0 Å². The Morgan fingerprint density at radius 2 is 0.471 bits per heavy atom. The first-order valence-electron chi connectivity index (χ1n) is 16.4. The highest BCUT2D eigenvalue weighted by molar-refractivity contribution is 4.65. The molecule has 0 atom stereocenters. The molecule has 0 aliphatic carbocycles. The number of unbranched alkanes of at least 4 members (excludes halogenated alkanes) is 27. The van der Waals surface area contributed by atoms with Gasteiger partial charge in [0.2, 0.25) is 0 Å². The Kier molecular flexibility index (Phi) is 39.4. The molecule has 0 saturated carbocycles. The minimum absolute atomic E-state index is 1.21. The summed E-state index contributed by atoms with van der Waals surface area (Å²) in [6.45, 7) is 10.6. The summed E-state index contributed by atoms with van der Waals surface area (Å²) in [5.74, 6) is 0. The Hall–Kier alpha value is -0.260. The highest BCUT2D eigenvalue weighted by atomic mass is 14.0. The van der Waals surface area contributed by atoms with Gasteiger partial charge in [0.05, 0.1) is 0 Å². The molecule has 206 valence electrons. The molecule has 0 aliphatic rings. The Bertz CT molecular complexity index is 302. The van der Waals surface area contributed by atoms with Gasteiger partial charge in [-0.3, -0.25) is 0 Å². The van der Waals surface area contributed by atoms with Gasteiger partial charge in [0, 0.05) is 0 Å². The van der Waals surface area contributed by atoms with Crippen LogP contribution < -0.4 is 0 Å². The van der Waals surface area contributed by atoms with Gasteiger partial charge in [-0.2, -0.15) is 0 Å². The molecule has 0 unspecified atom stereocenters. The first-order chi connectivity index (χ1) is 16.8. The van der Waals surface area contributed by atoms with E-state index in [9.17, 15) is 0 Å². The van der Waals surface area contributed by atoms with Gasteiger partial charge in [-0.15, -0.1) is 6.58 Å². The third-order valence-electron chi connectivity index (χ3n) is 7.22. The van der Waals surface area contributed by atoms with E-state index in [2.05, 4.69) is 27.4 Å². The molecule has 0 aliphatic heterocycles. The molecule has 0 aromatic rings. The number of rotatable bonds is 28. The summed E-state index contributed by atoms with van der Waals surface area (Å²) in [6.07, 6.45) is 43.9. The molecular weight excluding hydrogens is 408 g/mol. The van der Waals surface area contributed by atoms with Crippen LogP contribution in [0.4, 0.5) is 0 Å². The van der Waals surface area contributed by atoms with Crippen LogP contribution in [-0.4, -0.2) is 0 Å². The molecule has 0 heterocycles. The zero-order valence-electron chi connectivity index (χ0n) is 24.8. The molecule has 0 bridgehead atoms. The van der Waals surface area contributed by atoms with Gasteiger partial charge in [0.25, 0.3) is 0 Å². The molecule has 0 N–H and O–H groups in total. The lowest BCUT2D eigenvalue weighted by Gasteiger charge is -2.03. The molecule has 0 spiro atoms. The van der Waals surface area contributed by atoms with E-state index in [1.807, 2.05) is 6.08 Å². The molecule has 0 rings (SSSR count). The summed E-state index contributed by atoms with van der Waals surface area (Å²) in [4.78, 5) is 0. The van der Waals surface area contributed by atoms with Crippen molar-refractivity contribution in [2.75, 3.05) is 0 Å². The standard InChI is InChI=1S/C18H38.C16H32/c1-3-5-7-9-11-13-15-17-18-16-14-12-10-8-6-4-2;1-3-5-7-9-11-13-15-16-14-12-10-8-6-4-2/h3-18H2,1-2H3;3H,1,4-16H2,2H3. The summed E-state index contributed by atoms with van der Waals surface area (Å²) < 4.78 is 0. The fourth-order valence-electron chi connectivity index (χ4n) is 4.75. The van der Waals surface area contributed by atoms with E-state index in [0.29, 0.717) is 0 Å². The van der Waals surface area contributed by atoms with Crippen LogP contribution in [0.25, 0.3) is 0 Å². The average Bonchev–Trinajstić information content (AvgIpc) is 2.85. The smallest absolute Gasteiger partial charge is 0.0353 e. The quantitative estimate of drug-likeness (QED) is 0.0774. The maximum absolute atomic E-state index is 3.75. The third kappa shape index (κ3) is 39.0. The third-order valence-corrected chi connectivity index (χ3v) is 7.22. The first kappa shape index (κ1) is 35.9. The summed E-state index contributed by atoms with van der Waals surface area (Å²) >= 11 is 0. The van der Waals surface area contributed by atoms with Crippen molar-refractivity contribution in [2.24, 2.45) is 0 Å². The van der Waals surface area contributed by atoms with Gasteiger partial charge in [0.1, 0.15) is 0 Å². The van der Waals surface area contributed by atoms with E-state index in [-0.39, 0.29) is 0 Å². The van der Waals surface area contributed by atoms with Crippen LogP contribution in [0, 0.1) is 0 Å². The lowest BCUT2D eigenvalue weighted by Crippen LogP contribution is -1.83. The van der Waals surface area contributed by atoms with Crippen molar-refractivity contribution in [1.29, 1.82) is 0 Å². The fraction of sp³-hybridized carbons (Fsp3) is 0.941. The molecule has 0 amide bonds. The zero-order chi connectivity index (χ0) is 25.2. The van der Waals surface area contributed by atoms with Gasteiger partial charge >= 0.3 is 0 Å². The van der Waals surface area contributed by atoms with Gasteiger partial charge in [-0.25, -0.2) is 0 Å². The van der Waals surface area contributed by atoms with E-state index in [4.69, 9.17) is 0 Å². The molecule has 0 radical (unpaired) electrons. The van der Waals surface area contributed by atoms with Crippen LogP contribution >= 0.6 is 0 Å². The second kappa shape index (κ2) is 37.3. The minimum Gasteiger partial charge on any atom is -0.103 e. The summed E-state index contributed by atoms with van der Waals surface area (Å²) in [5, 5.41) is 0. The van der Waals surface area contributed by atoms with Crippen LogP contribution in [-0.2, 0) is 0 Å². The maximum atomic E-state index is 3.75. The predicted molar refractivity (Wildman–Crippen MR) is 161 cm³/mol. The highest BCUT2D eigenvalue weighted by Crippen LogP contribution is 2.14. The summed E-state index contributed by atoms with van der Waals surface area (Å²) in [7, 11) is 0. The molecule has 0 heteroatoms. The maximum Gasteiger partial charge on any atom is -0.0353 e. The Balaban J connectivity index is 0. The van der Waals surface area contributed by atoms with Gasteiger partial charge in [-0.1, -0.05) is 200 Å². The SMILES string of the molecule is C=CCCCCCCCCCCCCCC.CCCCCCCCCCCCCCCCCC. The van der Waals surface area contributed by atoms with Crippen molar-refractivity contribution in [3.05, 3.63) is 12.7 Å². The van der Waals surface area contributed by atoms with Crippen LogP contribution in [0.2, 0.25) is 0 Å². The van der Waals surface area contributed by atoms with Crippen molar-refractivity contribution < 1.29 is 0 Å². The highest BCUT2D eigenvalue weighted by Gasteiger charge is 1.94. The molecular formula is C34H70.